The Morgan fingerprint density at radius 2 is 1.86 bits per heavy atom. The summed E-state index contributed by atoms with van der Waals surface area (Å²) in [5, 5.41) is 8.72. The molecule has 0 saturated heterocycles. The number of hydrogen-bond acceptors (Lipinski definition) is 3. The highest BCUT2D eigenvalue weighted by Crippen LogP contribution is 2.30. The van der Waals surface area contributed by atoms with Gasteiger partial charge in [-0.15, -0.1) is 0 Å². The van der Waals surface area contributed by atoms with Gasteiger partial charge in [-0.1, -0.05) is 30.3 Å². The highest BCUT2D eigenvalue weighted by molar-refractivity contribution is 5.74. The molecule has 3 heteroatoms. The first kappa shape index (κ1) is 15.5. The Labute approximate surface area is 128 Å². The number of benzene rings is 1. The number of hydrogen-bond donors (Lipinski definition) is 0. The molecule has 0 fully saturated rings. The molecule has 0 atom stereocenters. The molecule has 0 unspecified atom stereocenters. The molecule has 0 amide bonds. The first-order valence-corrected chi connectivity index (χ1v) is 7.42. The molecule has 1 aromatic carbocycles. The van der Waals surface area contributed by atoms with E-state index in [0.717, 1.165) is 6.42 Å². The van der Waals surface area contributed by atoms with Crippen LogP contribution in [0.5, 0.6) is 0 Å². The second kappa shape index (κ2) is 6.25. The van der Waals surface area contributed by atoms with Gasteiger partial charge in [0.15, 0.2) is 0 Å². The minimum absolute atomic E-state index is 0.110. The summed E-state index contributed by atoms with van der Waals surface area (Å²) < 4.78 is 0. The van der Waals surface area contributed by atoms with Crippen LogP contribution >= 0.6 is 0 Å². The summed E-state index contributed by atoms with van der Waals surface area (Å²) in [5.41, 5.74) is 5.06. The number of rotatable bonds is 4. The predicted octanol–water partition coefficient (Wildman–Crippen LogP) is 4.67. The summed E-state index contributed by atoms with van der Waals surface area (Å²) in [6.45, 7) is 6.83. The molecular weight excluding hydrogens is 258 g/mol. The van der Waals surface area contributed by atoms with Crippen molar-refractivity contribution >= 4 is 5.57 Å². The van der Waals surface area contributed by atoms with E-state index in [1.165, 1.54) is 22.4 Å². The number of nitrogens with zero attached hydrogens (tertiary/aromatic N) is 3. The first-order chi connectivity index (χ1) is 9.87. The van der Waals surface area contributed by atoms with E-state index in [1.807, 2.05) is 0 Å². The molecular formula is C18H25N3. The van der Waals surface area contributed by atoms with Gasteiger partial charge in [0.25, 0.3) is 0 Å². The summed E-state index contributed by atoms with van der Waals surface area (Å²) in [6.07, 6.45) is 5.52. The van der Waals surface area contributed by atoms with Gasteiger partial charge in [-0.05, 0) is 50.0 Å². The van der Waals surface area contributed by atoms with Crippen molar-refractivity contribution in [1.29, 1.82) is 0 Å². The Kier molecular flexibility index (Phi) is 4.61. The average Bonchev–Trinajstić information content (AvgIpc) is 2.87. The maximum atomic E-state index is 4.37. The SMILES string of the molecule is CN(C)C1=CCC(c2ccccc2CN=NC(C)(C)C)=C1. The lowest BCUT2D eigenvalue weighted by Crippen LogP contribution is -2.08. The molecule has 0 heterocycles. The van der Waals surface area contributed by atoms with Crippen LogP contribution < -0.4 is 0 Å². The molecule has 0 N–H and O–H groups in total. The summed E-state index contributed by atoms with van der Waals surface area (Å²) in [6, 6.07) is 8.49. The molecule has 0 bridgehead atoms. The molecule has 2 rings (SSSR count). The van der Waals surface area contributed by atoms with Crippen molar-refractivity contribution in [1.82, 2.24) is 4.90 Å². The lowest BCUT2D eigenvalue weighted by atomic mass is 9.99. The molecule has 21 heavy (non-hydrogen) atoms. The van der Waals surface area contributed by atoms with E-state index in [4.69, 9.17) is 0 Å². The Morgan fingerprint density at radius 1 is 1.14 bits per heavy atom. The molecule has 3 nitrogen and oxygen atoms in total. The zero-order chi connectivity index (χ0) is 15.5. The van der Waals surface area contributed by atoms with Gasteiger partial charge in [-0.2, -0.15) is 10.2 Å². The normalized spacial score (nSPS) is 15.3. The minimum atomic E-state index is -0.110. The van der Waals surface area contributed by atoms with Crippen molar-refractivity contribution in [2.75, 3.05) is 14.1 Å². The maximum absolute atomic E-state index is 4.37. The third kappa shape index (κ3) is 4.28. The molecule has 1 aromatic rings. The van der Waals surface area contributed by atoms with E-state index in [0.29, 0.717) is 6.54 Å². The average molecular weight is 283 g/mol. The highest BCUT2D eigenvalue weighted by atomic mass is 15.1. The van der Waals surface area contributed by atoms with Gasteiger partial charge < -0.3 is 4.90 Å². The quantitative estimate of drug-likeness (QED) is 0.738. The fourth-order valence-electron chi connectivity index (χ4n) is 2.31. The fraction of sp³-hybridized carbons (Fsp3) is 0.444. The Balaban J connectivity index is 2.19. The lowest BCUT2D eigenvalue weighted by molar-refractivity contribution is 0.531. The van der Waals surface area contributed by atoms with Gasteiger partial charge in [0.2, 0.25) is 0 Å². The van der Waals surface area contributed by atoms with Crippen molar-refractivity contribution in [3.05, 3.63) is 53.2 Å². The molecule has 0 radical (unpaired) electrons. The number of likely N-dealkylation sites (N-methyl/N-ethyl adjacent to an activating group) is 1. The molecule has 0 aromatic heterocycles. The molecule has 1 aliphatic rings. The fourth-order valence-corrected chi connectivity index (χ4v) is 2.31. The van der Waals surface area contributed by atoms with Crippen LogP contribution in [-0.2, 0) is 6.54 Å². The van der Waals surface area contributed by atoms with E-state index < -0.39 is 0 Å². The van der Waals surface area contributed by atoms with Crippen LogP contribution in [0.4, 0.5) is 0 Å². The summed E-state index contributed by atoms with van der Waals surface area (Å²) in [4.78, 5) is 2.15. The molecule has 0 aliphatic heterocycles. The largest absolute Gasteiger partial charge is 0.378 e. The summed E-state index contributed by atoms with van der Waals surface area (Å²) >= 11 is 0. The molecule has 1 aliphatic carbocycles. The zero-order valence-electron chi connectivity index (χ0n) is 13.7. The maximum Gasteiger partial charge on any atom is 0.0855 e. The van der Waals surface area contributed by atoms with Crippen LogP contribution in [0.15, 0.2) is 52.3 Å². The van der Waals surface area contributed by atoms with E-state index in [2.05, 4.69) is 86.4 Å². The summed E-state index contributed by atoms with van der Waals surface area (Å²) in [5.74, 6) is 0. The van der Waals surface area contributed by atoms with Crippen LogP contribution in [-0.4, -0.2) is 24.5 Å². The molecule has 0 spiro atoms. The number of azo groups is 1. The van der Waals surface area contributed by atoms with Crippen LogP contribution in [0.25, 0.3) is 5.57 Å². The number of allylic oxidation sites excluding steroid dienone is 3. The van der Waals surface area contributed by atoms with Crippen LogP contribution in [0.3, 0.4) is 0 Å². The monoisotopic (exact) mass is 283 g/mol. The Morgan fingerprint density at radius 3 is 2.48 bits per heavy atom. The molecule has 112 valence electrons. The second-order valence-corrected chi connectivity index (χ2v) is 6.62. The van der Waals surface area contributed by atoms with Crippen molar-refractivity contribution in [2.24, 2.45) is 10.2 Å². The molecule has 0 saturated carbocycles. The highest BCUT2D eigenvalue weighted by Gasteiger charge is 2.13. The predicted molar refractivity (Wildman–Crippen MR) is 89.1 cm³/mol. The lowest BCUT2D eigenvalue weighted by Gasteiger charge is -2.12. The van der Waals surface area contributed by atoms with Gasteiger partial charge in [0.1, 0.15) is 0 Å². The van der Waals surface area contributed by atoms with E-state index in [9.17, 15) is 0 Å². The smallest absolute Gasteiger partial charge is 0.0855 e. The standard InChI is InChI=1S/C18H25N3/c1-18(2,3)20-19-13-15-8-6-7-9-17(15)14-10-11-16(12-14)21(4)5/h6-9,11-12H,10,13H2,1-5H3. The summed E-state index contributed by atoms with van der Waals surface area (Å²) in [7, 11) is 4.16. The van der Waals surface area contributed by atoms with Gasteiger partial charge >= 0.3 is 0 Å². The van der Waals surface area contributed by atoms with Crippen molar-refractivity contribution < 1.29 is 0 Å². The van der Waals surface area contributed by atoms with Gasteiger partial charge in [0.05, 0.1) is 12.1 Å². The van der Waals surface area contributed by atoms with E-state index in [1.54, 1.807) is 0 Å². The van der Waals surface area contributed by atoms with Crippen LogP contribution in [0.2, 0.25) is 0 Å². The van der Waals surface area contributed by atoms with Crippen molar-refractivity contribution in [3.8, 4) is 0 Å². The second-order valence-electron chi connectivity index (χ2n) is 6.62. The van der Waals surface area contributed by atoms with Gasteiger partial charge in [-0.25, -0.2) is 0 Å². The van der Waals surface area contributed by atoms with Crippen molar-refractivity contribution in [2.45, 2.75) is 39.3 Å². The third-order valence-corrected chi connectivity index (χ3v) is 3.34. The van der Waals surface area contributed by atoms with Crippen molar-refractivity contribution in [3.63, 3.8) is 0 Å². The van der Waals surface area contributed by atoms with Crippen LogP contribution in [0.1, 0.15) is 38.3 Å². The Bertz CT molecular complexity index is 587. The van der Waals surface area contributed by atoms with Gasteiger partial charge in [-0.3, -0.25) is 0 Å². The topological polar surface area (TPSA) is 28.0 Å². The van der Waals surface area contributed by atoms with E-state index >= 15 is 0 Å². The van der Waals surface area contributed by atoms with Crippen LogP contribution in [0, 0.1) is 0 Å². The zero-order valence-corrected chi connectivity index (χ0v) is 13.7. The van der Waals surface area contributed by atoms with E-state index in [-0.39, 0.29) is 5.54 Å². The van der Waals surface area contributed by atoms with Gasteiger partial charge in [0, 0.05) is 19.8 Å². The Hall–Kier alpha value is -1.90. The first-order valence-electron chi connectivity index (χ1n) is 7.42. The third-order valence-electron chi connectivity index (χ3n) is 3.34. The minimum Gasteiger partial charge on any atom is -0.378 e.